The van der Waals surface area contributed by atoms with E-state index in [1.807, 2.05) is 39.0 Å². The van der Waals surface area contributed by atoms with Crippen LogP contribution in [0.15, 0.2) is 41.5 Å². The number of hydrogen-bond donors (Lipinski definition) is 1. The summed E-state index contributed by atoms with van der Waals surface area (Å²) in [4.78, 5) is 41.0. The molecular weight excluding hydrogens is 414 g/mol. The minimum Gasteiger partial charge on any atom is -0.352 e. The van der Waals surface area contributed by atoms with Crippen molar-refractivity contribution >= 4 is 23.4 Å². The summed E-state index contributed by atoms with van der Waals surface area (Å²) in [7, 11) is 0. The van der Waals surface area contributed by atoms with Crippen molar-refractivity contribution in [1.82, 2.24) is 14.8 Å². The number of nitrogens with one attached hydrogen (secondary N) is 1. The van der Waals surface area contributed by atoms with Gasteiger partial charge < -0.3 is 14.8 Å². The molecule has 2 aromatic rings. The monoisotopic (exact) mass is 443 g/mol. The van der Waals surface area contributed by atoms with E-state index in [1.54, 1.807) is 27.9 Å². The Morgan fingerprint density at radius 1 is 1.03 bits per heavy atom. The molecule has 1 fully saturated rings. The van der Waals surface area contributed by atoms with Gasteiger partial charge in [0.2, 0.25) is 5.43 Å². The van der Waals surface area contributed by atoms with E-state index >= 15 is 0 Å². The topological polar surface area (TPSA) is 71.4 Å². The molecule has 1 aliphatic rings. The van der Waals surface area contributed by atoms with Crippen LogP contribution in [0, 0.1) is 5.92 Å². The van der Waals surface area contributed by atoms with Crippen LogP contribution in [-0.2, 0) is 6.54 Å². The maximum atomic E-state index is 13.2. The minimum absolute atomic E-state index is 0.0255. The van der Waals surface area contributed by atoms with Crippen LogP contribution in [0.3, 0.4) is 0 Å². The van der Waals surface area contributed by atoms with Gasteiger partial charge in [0.15, 0.2) is 0 Å². The second kappa shape index (κ2) is 10.1. The Labute approximate surface area is 188 Å². The fourth-order valence-electron chi connectivity index (χ4n) is 3.92. The highest BCUT2D eigenvalue weighted by Gasteiger charge is 2.25. The average Bonchev–Trinajstić information content (AvgIpc) is 2.74. The van der Waals surface area contributed by atoms with Crippen molar-refractivity contribution < 1.29 is 9.59 Å². The molecule has 0 aliphatic carbocycles. The molecule has 0 saturated carbocycles. The molecule has 2 heterocycles. The van der Waals surface area contributed by atoms with Gasteiger partial charge in [0.1, 0.15) is 11.1 Å². The number of piperidine rings is 1. The molecule has 7 heteroatoms. The molecule has 1 aromatic carbocycles. The molecule has 1 atom stereocenters. The molecule has 31 heavy (non-hydrogen) atoms. The van der Waals surface area contributed by atoms with Gasteiger partial charge in [-0.1, -0.05) is 43.6 Å². The van der Waals surface area contributed by atoms with E-state index in [9.17, 15) is 14.4 Å². The number of carbonyl (C=O) groups is 2. The number of benzene rings is 1. The Morgan fingerprint density at radius 2 is 1.68 bits per heavy atom. The lowest BCUT2D eigenvalue weighted by atomic mass is 10.1. The summed E-state index contributed by atoms with van der Waals surface area (Å²) in [5, 5.41) is 3.40. The van der Waals surface area contributed by atoms with Gasteiger partial charge in [-0.15, -0.1) is 0 Å². The van der Waals surface area contributed by atoms with Gasteiger partial charge in [0.05, 0.1) is 6.04 Å². The third kappa shape index (κ3) is 5.56. The third-order valence-corrected chi connectivity index (χ3v) is 5.84. The highest BCUT2D eigenvalue weighted by molar-refractivity contribution is 6.31. The first-order valence-corrected chi connectivity index (χ1v) is 11.2. The number of rotatable bonds is 6. The van der Waals surface area contributed by atoms with Crippen LogP contribution in [0.4, 0.5) is 0 Å². The molecule has 6 nitrogen and oxygen atoms in total. The molecule has 3 rings (SSSR count). The van der Waals surface area contributed by atoms with Gasteiger partial charge in [-0.2, -0.15) is 0 Å². The number of aromatic nitrogens is 1. The van der Waals surface area contributed by atoms with Crippen molar-refractivity contribution in [2.24, 2.45) is 5.92 Å². The predicted molar refractivity (Wildman–Crippen MR) is 123 cm³/mol. The molecule has 1 N–H and O–H groups in total. The van der Waals surface area contributed by atoms with Crippen LogP contribution in [0.25, 0.3) is 0 Å². The second-order valence-corrected chi connectivity index (χ2v) is 8.98. The Balaban J connectivity index is 1.94. The molecule has 1 unspecified atom stereocenters. The van der Waals surface area contributed by atoms with Gasteiger partial charge >= 0.3 is 0 Å². The Morgan fingerprint density at radius 3 is 2.32 bits per heavy atom. The number of carbonyl (C=O) groups excluding carboxylic acids is 2. The zero-order valence-electron chi connectivity index (χ0n) is 18.4. The molecule has 1 saturated heterocycles. The molecule has 1 aromatic heterocycles. The summed E-state index contributed by atoms with van der Waals surface area (Å²) < 4.78 is 1.78. The van der Waals surface area contributed by atoms with Crippen LogP contribution in [0.2, 0.25) is 5.02 Å². The molecule has 1 aliphatic heterocycles. The highest BCUT2D eigenvalue weighted by Crippen LogP contribution is 2.22. The first kappa shape index (κ1) is 23.1. The van der Waals surface area contributed by atoms with Crippen molar-refractivity contribution in [3.63, 3.8) is 0 Å². The molecule has 2 amide bonds. The summed E-state index contributed by atoms with van der Waals surface area (Å²) in [6, 6.07) is 6.87. The van der Waals surface area contributed by atoms with Gasteiger partial charge in [0.25, 0.3) is 11.8 Å². The first-order valence-electron chi connectivity index (χ1n) is 10.9. The number of amides is 2. The van der Waals surface area contributed by atoms with E-state index in [2.05, 4.69) is 5.32 Å². The van der Waals surface area contributed by atoms with E-state index in [1.165, 1.54) is 0 Å². The largest absolute Gasteiger partial charge is 0.352 e. The van der Waals surface area contributed by atoms with Crippen molar-refractivity contribution in [3.8, 4) is 0 Å². The maximum Gasteiger partial charge on any atom is 0.259 e. The maximum absolute atomic E-state index is 13.2. The lowest BCUT2D eigenvalue weighted by Gasteiger charge is -2.27. The first-order chi connectivity index (χ1) is 14.8. The molecule has 0 radical (unpaired) electrons. The number of pyridine rings is 1. The van der Waals surface area contributed by atoms with Crippen molar-refractivity contribution in [2.75, 3.05) is 13.1 Å². The highest BCUT2D eigenvalue weighted by atomic mass is 35.5. The van der Waals surface area contributed by atoms with Crippen molar-refractivity contribution in [2.45, 2.75) is 52.6 Å². The minimum atomic E-state index is -0.528. The summed E-state index contributed by atoms with van der Waals surface area (Å²) in [6.07, 6.45) is 6.09. The van der Waals surface area contributed by atoms with E-state index in [0.717, 1.165) is 24.8 Å². The Bertz CT molecular complexity index is 1010. The summed E-state index contributed by atoms with van der Waals surface area (Å²) in [5.41, 5.74) is 0.267. The number of nitrogens with zero attached hydrogens (tertiary/aromatic N) is 2. The zero-order chi connectivity index (χ0) is 22.5. The van der Waals surface area contributed by atoms with Crippen LogP contribution in [0.5, 0.6) is 0 Å². The lowest BCUT2D eigenvalue weighted by molar-refractivity contribution is 0.0722. The van der Waals surface area contributed by atoms with E-state index in [0.29, 0.717) is 30.6 Å². The summed E-state index contributed by atoms with van der Waals surface area (Å²) in [6.45, 7) is 7.78. The average molecular weight is 444 g/mol. The van der Waals surface area contributed by atoms with Crippen molar-refractivity contribution in [3.05, 3.63) is 68.6 Å². The van der Waals surface area contributed by atoms with Crippen LogP contribution in [-0.4, -0.2) is 34.4 Å². The summed E-state index contributed by atoms with van der Waals surface area (Å²) >= 11 is 6.25. The smallest absolute Gasteiger partial charge is 0.259 e. The van der Waals surface area contributed by atoms with E-state index < -0.39 is 11.3 Å². The normalized spacial score (nSPS) is 15.1. The second-order valence-electron chi connectivity index (χ2n) is 8.57. The standard InChI is InChI=1S/C24H30ClN3O3/c1-16(2)13-27-14-19(23(30)26-17(3)18-9-5-6-10-21(18)25)22(29)20(15-27)24(31)28-11-7-4-8-12-28/h5-6,9-10,14-17H,4,7-8,11-13H2,1-3H3,(H,26,30). The molecule has 0 spiro atoms. The Kier molecular flexibility index (Phi) is 7.55. The van der Waals surface area contributed by atoms with Gasteiger partial charge in [0, 0.05) is 37.1 Å². The van der Waals surface area contributed by atoms with Gasteiger partial charge in [-0.25, -0.2) is 0 Å². The summed E-state index contributed by atoms with van der Waals surface area (Å²) in [5.74, 6) is -0.516. The number of likely N-dealkylation sites (tertiary alicyclic amines) is 1. The SMILES string of the molecule is CC(C)Cn1cc(C(=O)NC(C)c2ccccc2Cl)c(=O)c(C(=O)N2CCCCC2)c1. The fraction of sp³-hybridized carbons (Fsp3) is 0.458. The Hall–Kier alpha value is -2.60. The lowest BCUT2D eigenvalue weighted by Crippen LogP contribution is -2.40. The van der Waals surface area contributed by atoms with E-state index in [-0.39, 0.29) is 23.1 Å². The van der Waals surface area contributed by atoms with Crippen molar-refractivity contribution in [1.29, 1.82) is 0 Å². The van der Waals surface area contributed by atoms with Gasteiger partial charge in [-0.3, -0.25) is 14.4 Å². The quantitative estimate of drug-likeness (QED) is 0.724. The molecule has 0 bridgehead atoms. The van der Waals surface area contributed by atoms with Crippen LogP contribution < -0.4 is 10.7 Å². The molecule has 166 valence electrons. The predicted octanol–water partition coefficient (Wildman–Crippen LogP) is 4.27. The number of halogens is 1. The molecular formula is C24H30ClN3O3. The fourth-order valence-corrected chi connectivity index (χ4v) is 4.22. The zero-order valence-corrected chi connectivity index (χ0v) is 19.1. The number of hydrogen-bond acceptors (Lipinski definition) is 3. The van der Waals surface area contributed by atoms with Crippen LogP contribution in [0.1, 0.15) is 72.4 Å². The van der Waals surface area contributed by atoms with Gasteiger partial charge in [-0.05, 0) is 43.7 Å². The van der Waals surface area contributed by atoms with Crippen LogP contribution >= 0.6 is 11.6 Å². The third-order valence-electron chi connectivity index (χ3n) is 5.49. The van der Waals surface area contributed by atoms with E-state index in [4.69, 9.17) is 11.6 Å².